The molecule has 0 N–H and O–H groups in total. The van der Waals surface area contributed by atoms with Crippen LogP contribution in [0.4, 0.5) is 5.69 Å². The molecule has 0 atom stereocenters. The zero-order chi connectivity index (χ0) is 23.3. The summed E-state index contributed by atoms with van der Waals surface area (Å²) in [6, 6.07) is 10.6. The number of anilines is 1. The fourth-order valence-electron chi connectivity index (χ4n) is 2.84. The van der Waals surface area contributed by atoms with Crippen molar-refractivity contribution in [1.82, 2.24) is 0 Å². The lowest BCUT2D eigenvalue weighted by molar-refractivity contribution is -0.142. The molecule has 168 valence electrons. The van der Waals surface area contributed by atoms with Gasteiger partial charge in [0.1, 0.15) is 5.75 Å². The van der Waals surface area contributed by atoms with Gasteiger partial charge < -0.3 is 18.9 Å². The molecule has 10 heteroatoms. The van der Waals surface area contributed by atoms with Crippen molar-refractivity contribution < 1.29 is 28.5 Å². The maximum Gasteiger partial charge on any atom is 0.343 e. The lowest BCUT2D eigenvalue weighted by Crippen LogP contribution is -2.27. The van der Waals surface area contributed by atoms with Crippen LogP contribution in [0.1, 0.15) is 12.5 Å². The van der Waals surface area contributed by atoms with Crippen LogP contribution >= 0.6 is 39.9 Å². The highest BCUT2D eigenvalue weighted by Gasteiger charge is 2.33. The fourth-order valence-corrected chi connectivity index (χ4v) is 4.71. The smallest absolute Gasteiger partial charge is 0.343 e. The Hall–Kier alpha value is -2.56. The van der Waals surface area contributed by atoms with Crippen molar-refractivity contribution in [1.29, 1.82) is 0 Å². The van der Waals surface area contributed by atoms with Crippen LogP contribution in [0.5, 0.6) is 17.2 Å². The first-order chi connectivity index (χ1) is 15.4. The number of amides is 1. The number of methoxy groups -OCH3 is 2. The van der Waals surface area contributed by atoms with Gasteiger partial charge in [-0.15, -0.1) is 0 Å². The maximum atomic E-state index is 13.0. The van der Waals surface area contributed by atoms with Crippen molar-refractivity contribution in [3.05, 3.63) is 51.3 Å². The molecular formula is C22H20BrNO6S2. The van der Waals surface area contributed by atoms with Crippen LogP contribution in [-0.2, 0) is 14.3 Å². The number of ether oxygens (including phenoxy) is 4. The van der Waals surface area contributed by atoms with Crippen LogP contribution in [0.15, 0.2) is 45.8 Å². The monoisotopic (exact) mass is 537 g/mol. The van der Waals surface area contributed by atoms with Crippen molar-refractivity contribution in [2.24, 2.45) is 0 Å². The van der Waals surface area contributed by atoms with Crippen molar-refractivity contribution >= 4 is 67.9 Å². The molecule has 2 aromatic carbocycles. The van der Waals surface area contributed by atoms with Gasteiger partial charge in [-0.1, -0.05) is 24.0 Å². The fraction of sp³-hybridized carbons (Fsp3) is 0.227. The predicted molar refractivity (Wildman–Crippen MR) is 131 cm³/mol. The molecule has 0 aromatic heterocycles. The minimum Gasteiger partial charge on any atom is -0.497 e. The predicted octanol–water partition coefficient (Wildman–Crippen LogP) is 4.81. The highest BCUT2D eigenvalue weighted by molar-refractivity contribution is 9.10. The summed E-state index contributed by atoms with van der Waals surface area (Å²) in [4.78, 5) is 26.4. The number of esters is 1. The number of thiocarbonyl (C=S) groups is 1. The molecule has 2 aromatic rings. The minimum atomic E-state index is -0.509. The third-order valence-corrected chi connectivity index (χ3v) is 6.21. The number of thioether (sulfide) groups is 1. The van der Waals surface area contributed by atoms with E-state index >= 15 is 0 Å². The van der Waals surface area contributed by atoms with Crippen molar-refractivity contribution in [2.45, 2.75) is 6.92 Å². The molecule has 3 rings (SSSR count). The third kappa shape index (κ3) is 5.43. The van der Waals surface area contributed by atoms with Crippen LogP contribution < -0.4 is 19.1 Å². The van der Waals surface area contributed by atoms with E-state index in [0.717, 1.165) is 0 Å². The Kier molecular flexibility index (Phi) is 8.16. The van der Waals surface area contributed by atoms with Gasteiger partial charge in [0, 0.05) is 0 Å². The number of carbonyl (C=O) groups is 2. The summed E-state index contributed by atoms with van der Waals surface area (Å²) in [7, 11) is 2.87. The van der Waals surface area contributed by atoms with Gasteiger partial charge in [0.15, 0.2) is 22.4 Å². The summed E-state index contributed by atoms with van der Waals surface area (Å²) in [5.74, 6) is 0.774. The van der Waals surface area contributed by atoms with Gasteiger partial charge in [-0.2, -0.15) is 0 Å². The number of rotatable bonds is 8. The molecule has 0 spiro atoms. The largest absolute Gasteiger partial charge is 0.497 e. The number of hydrogen-bond donors (Lipinski definition) is 0. The number of halogens is 1. The molecule has 0 aliphatic carbocycles. The Morgan fingerprint density at radius 2 is 1.91 bits per heavy atom. The van der Waals surface area contributed by atoms with Crippen LogP contribution in [0.2, 0.25) is 0 Å². The Morgan fingerprint density at radius 3 is 2.53 bits per heavy atom. The molecule has 1 saturated heterocycles. The van der Waals surface area contributed by atoms with Crippen LogP contribution in [0.3, 0.4) is 0 Å². The Bertz CT molecular complexity index is 1070. The Morgan fingerprint density at radius 1 is 1.19 bits per heavy atom. The van der Waals surface area contributed by atoms with E-state index in [1.54, 1.807) is 49.6 Å². The van der Waals surface area contributed by atoms with Gasteiger partial charge >= 0.3 is 5.97 Å². The second-order valence-electron chi connectivity index (χ2n) is 6.34. The Balaban J connectivity index is 1.89. The maximum absolute atomic E-state index is 13.0. The van der Waals surface area contributed by atoms with Crippen LogP contribution in [0.25, 0.3) is 6.08 Å². The van der Waals surface area contributed by atoms with Gasteiger partial charge in [-0.25, -0.2) is 4.79 Å². The zero-order valence-electron chi connectivity index (χ0n) is 17.5. The number of carbonyl (C=O) groups excluding carboxylic acids is 2. The molecule has 0 saturated carbocycles. The second kappa shape index (κ2) is 10.8. The molecule has 7 nitrogen and oxygen atoms in total. The van der Waals surface area contributed by atoms with E-state index in [0.29, 0.717) is 48.8 Å². The van der Waals surface area contributed by atoms with Gasteiger partial charge in [0.2, 0.25) is 0 Å². The average Bonchev–Trinajstić information content (AvgIpc) is 3.05. The van der Waals surface area contributed by atoms with E-state index in [9.17, 15) is 9.59 Å². The molecule has 32 heavy (non-hydrogen) atoms. The summed E-state index contributed by atoms with van der Waals surface area (Å²) in [5, 5.41) is 0. The van der Waals surface area contributed by atoms with E-state index in [-0.39, 0.29) is 12.5 Å². The number of benzene rings is 2. The van der Waals surface area contributed by atoms with Crippen molar-refractivity contribution in [3.8, 4) is 17.2 Å². The van der Waals surface area contributed by atoms with Gasteiger partial charge in [0.25, 0.3) is 5.91 Å². The summed E-state index contributed by atoms with van der Waals surface area (Å²) in [6.07, 6.45) is 1.74. The van der Waals surface area contributed by atoms with E-state index < -0.39 is 5.97 Å². The second-order valence-corrected chi connectivity index (χ2v) is 8.87. The molecule has 0 bridgehead atoms. The minimum absolute atomic E-state index is 0.217. The number of hydrogen-bond acceptors (Lipinski definition) is 8. The SMILES string of the molecule is CCOc1cc(/C=C2/SC(=S)N(c3ccc(OC)cc3)C2=O)cc(Br)c1OCC(=O)OC. The van der Waals surface area contributed by atoms with E-state index in [1.807, 2.05) is 6.92 Å². The standard InChI is InChI=1S/C22H20BrNO6S2/c1-4-29-17-10-13(9-16(23)20(17)30-12-19(25)28-3)11-18-21(26)24(22(31)32-18)14-5-7-15(27-2)8-6-14/h5-11H,4,12H2,1-3H3/b18-11+. The summed E-state index contributed by atoms with van der Waals surface area (Å²) >= 11 is 10.1. The van der Waals surface area contributed by atoms with Crippen molar-refractivity contribution in [2.75, 3.05) is 32.3 Å². The van der Waals surface area contributed by atoms with Crippen molar-refractivity contribution in [3.63, 3.8) is 0 Å². The van der Waals surface area contributed by atoms with E-state index in [2.05, 4.69) is 20.7 Å². The lowest BCUT2D eigenvalue weighted by atomic mass is 10.1. The quantitative estimate of drug-likeness (QED) is 0.269. The molecule has 1 aliphatic heterocycles. The summed E-state index contributed by atoms with van der Waals surface area (Å²) in [6.45, 7) is 1.98. The highest BCUT2D eigenvalue weighted by Crippen LogP contribution is 2.40. The van der Waals surface area contributed by atoms with E-state index in [4.69, 9.17) is 26.4 Å². The molecule has 1 amide bonds. The normalized spacial score (nSPS) is 14.6. The van der Waals surface area contributed by atoms with Gasteiger partial charge in [-0.05, 0) is 70.9 Å². The highest BCUT2D eigenvalue weighted by atomic mass is 79.9. The zero-order valence-corrected chi connectivity index (χ0v) is 20.8. The lowest BCUT2D eigenvalue weighted by Gasteiger charge is -2.15. The molecule has 0 unspecified atom stereocenters. The molecule has 1 heterocycles. The topological polar surface area (TPSA) is 74.3 Å². The third-order valence-electron chi connectivity index (χ3n) is 4.32. The molecule has 1 aliphatic rings. The first-order valence-corrected chi connectivity index (χ1v) is 11.5. The number of nitrogens with zero attached hydrogens (tertiary/aromatic N) is 1. The summed E-state index contributed by atoms with van der Waals surface area (Å²) < 4.78 is 22.0. The van der Waals surface area contributed by atoms with Gasteiger partial charge in [-0.3, -0.25) is 9.69 Å². The first-order valence-electron chi connectivity index (χ1n) is 9.45. The summed E-state index contributed by atoms with van der Waals surface area (Å²) in [5.41, 5.74) is 1.38. The molecular weight excluding hydrogens is 518 g/mol. The first kappa shape index (κ1) is 24.1. The molecule has 1 fully saturated rings. The van der Waals surface area contributed by atoms with Crippen LogP contribution in [-0.4, -0.2) is 43.6 Å². The van der Waals surface area contributed by atoms with E-state index in [1.165, 1.54) is 23.8 Å². The molecule has 0 radical (unpaired) electrons. The van der Waals surface area contributed by atoms with Crippen LogP contribution in [0, 0.1) is 0 Å². The van der Waals surface area contributed by atoms with Gasteiger partial charge in [0.05, 0.1) is 35.9 Å². The Labute approximate surface area is 203 Å². The average molecular weight is 538 g/mol.